The third-order valence-corrected chi connectivity index (χ3v) is 5.17. The molecule has 1 unspecified atom stereocenters. The summed E-state index contributed by atoms with van der Waals surface area (Å²) in [5, 5.41) is 14.5. The summed E-state index contributed by atoms with van der Waals surface area (Å²) in [7, 11) is 0. The van der Waals surface area contributed by atoms with Crippen molar-refractivity contribution in [1.29, 1.82) is 0 Å². The molecule has 0 radical (unpaired) electrons. The van der Waals surface area contributed by atoms with Crippen LogP contribution in [0.25, 0.3) is 0 Å². The highest BCUT2D eigenvalue weighted by atomic mass is 35.5. The van der Waals surface area contributed by atoms with Gasteiger partial charge in [-0.2, -0.15) is 0 Å². The molecule has 1 aliphatic heterocycles. The molecule has 1 amide bonds. The Morgan fingerprint density at radius 1 is 1.52 bits per heavy atom. The number of amides is 1. The van der Waals surface area contributed by atoms with Gasteiger partial charge in [0, 0.05) is 35.1 Å². The van der Waals surface area contributed by atoms with E-state index < -0.39 is 16.7 Å². The van der Waals surface area contributed by atoms with E-state index in [-0.39, 0.29) is 28.5 Å². The van der Waals surface area contributed by atoms with Crippen molar-refractivity contribution < 1.29 is 9.72 Å². The number of nitrogens with zero attached hydrogens (tertiary/aromatic N) is 3. The van der Waals surface area contributed by atoms with E-state index in [0.717, 1.165) is 0 Å². The second kappa shape index (κ2) is 6.85. The van der Waals surface area contributed by atoms with E-state index in [9.17, 15) is 19.7 Å². The summed E-state index contributed by atoms with van der Waals surface area (Å²) in [6.07, 6.45) is 1.51. The zero-order valence-corrected chi connectivity index (χ0v) is 14.6. The maximum Gasteiger partial charge on any atom is 0.292 e. The summed E-state index contributed by atoms with van der Waals surface area (Å²) in [4.78, 5) is 39.4. The van der Waals surface area contributed by atoms with Crippen LogP contribution < -0.4 is 10.9 Å². The predicted molar refractivity (Wildman–Crippen MR) is 94.2 cm³/mol. The van der Waals surface area contributed by atoms with Gasteiger partial charge in [0.05, 0.1) is 10.8 Å². The molecule has 0 bridgehead atoms. The molecule has 1 atom stereocenters. The lowest BCUT2D eigenvalue weighted by Gasteiger charge is -2.24. The van der Waals surface area contributed by atoms with Crippen LogP contribution in [0, 0.1) is 23.0 Å². The number of hydrogen-bond donors (Lipinski definition) is 1. The molecule has 0 saturated carbocycles. The van der Waals surface area contributed by atoms with Gasteiger partial charge >= 0.3 is 0 Å². The Bertz CT molecular complexity index is 930. The molecule has 0 saturated heterocycles. The molecule has 3 rings (SSSR count). The number of nitro benzene ring substituents is 1. The van der Waals surface area contributed by atoms with E-state index in [4.69, 9.17) is 11.6 Å². The van der Waals surface area contributed by atoms with E-state index in [2.05, 4.69) is 10.3 Å². The molecule has 25 heavy (non-hydrogen) atoms. The van der Waals surface area contributed by atoms with Crippen LogP contribution in [0.3, 0.4) is 0 Å². The number of carbonyl (C=O) groups excluding carboxylic acids is 1. The Morgan fingerprint density at radius 2 is 2.28 bits per heavy atom. The first kappa shape index (κ1) is 17.4. The van der Waals surface area contributed by atoms with Gasteiger partial charge in [-0.15, -0.1) is 0 Å². The number of nitrogens with one attached hydrogen (secondary N) is 1. The number of nitro groups is 1. The van der Waals surface area contributed by atoms with Crippen molar-refractivity contribution in [2.45, 2.75) is 18.6 Å². The van der Waals surface area contributed by atoms with E-state index in [0.29, 0.717) is 16.5 Å². The number of thioether (sulfide) groups is 1. The van der Waals surface area contributed by atoms with Crippen molar-refractivity contribution in [2.75, 3.05) is 11.1 Å². The first-order valence-corrected chi connectivity index (χ1v) is 8.67. The van der Waals surface area contributed by atoms with Crippen LogP contribution in [-0.2, 0) is 11.3 Å². The van der Waals surface area contributed by atoms with Crippen molar-refractivity contribution in [2.24, 2.45) is 5.92 Å². The number of fused-ring (bicyclic) bond motifs is 1. The summed E-state index contributed by atoms with van der Waals surface area (Å²) >= 11 is 7.17. The fraction of sp³-hybridized carbons (Fsp3) is 0.267. The van der Waals surface area contributed by atoms with Crippen molar-refractivity contribution in [3.05, 3.63) is 55.5 Å². The molecular formula is C15H13ClN4O4S. The van der Waals surface area contributed by atoms with Crippen LogP contribution in [0.15, 0.2) is 34.3 Å². The van der Waals surface area contributed by atoms with E-state index in [1.54, 1.807) is 6.92 Å². The number of halogens is 1. The van der Waals surface area contributed by atoms with E-state index in [1.807, 2.05) is 0 Å². The van der Waals surface area contributed by atoms with Gasteiger partial charge in [-0.25, -0.2) is 4.98 Å². The maximum absolute atomic E-state index is 12.5. The highest BCUT2D eigenvalue weighted by Gasteiger charge is 2.28. The molecule has 1 aromatic carbocycles. The van der Waals surface area contributed by atoms with Gasteiger partial charge in [0.15, 0.2) is 5.16 Å². The zero-order valence-electron chi connectivity index (χ0n) is 13.1. The van der Waals surface area contributed by atoms with Gasteiger partial charge in [0.25, 0.3) is 11.2 Å². The molecule has 2 aromatic rings. The minimum atomic E-state index is -0.589. The van der Waals surface area contributed by atoms with Crippen molar-refractivity contribution in [3.8, 4) is 0 Å². The van der Waals surface area contributed by atoms with Gasteiger partial charge in [0.2, 0.25) is 5.91 Å². The average molecular weight is 381 g/mol. The third-order valence-electron chi connectivity index (χ3n) is 3.78. The minimum Gasteiger partial charge on any atom is -0.320 e. The van der Waals surface area contributed by atoms with Crippen molar-refractivity contribution in [1.82, 2.24) is 9.55 Å². The predicted octanol–water partition coefficient (Wildman–Crippen LogP) is 2.47. The molecule has 2 heterocycles. The standard InChI is InChI=1S/C15H13ClN4O4S/c1-8-5-17-15-19(14(8)22)6-9(7-25-15)13(21)18-11-4-10(16)2-3-12(11)20(23)24/h2-5,9H,6-7H2,1H3,(H,18,21). The molecule has 130 valence electrons. The van der Waals surface area contributed by atoms with Gasteiger partial charge in [-0.05, 0) is 19.1 Å². The van der Waals surface area contributed by atoms with E-state index >= 15 is 0 Å². The second-order valence-electron chi connectivity index (χ2n) is 5.56. The maximum atomic E-state index is 12.5. The van der Waals surface area contributed by atoms with Gasteiger partial charge < -0.3 is 5.32 Å². The minimum absolute atomic E-state index is 0.0352. The number of anilines is 1. The van der Waals surface area contributed by atoms with Gasteiger partial charge in [-0.1, -0.05) is 23.4 Å². The first-order chi connectivity index (χ1) is 11.9. The Hall–Kier alpha value is -2.39. The number of aryl methyl sites for hydroxylation is 1. The molecule has 8 nitrogen and oxygen atoms in total. The molecular weight excluding hydrogens is 368 g/mol. The smallest absolute Gasteiger partial charge is 0.292 e. The summed E-state index contributed by atoms with van der Waals surface area (Å²) in [6.45, 7) is 1.84. The van der Waals surface area contributed by atoms with Gasteiger partial charge in [0.1, 0.15) is 5.69 Å². The van der Waals surface area contributed by atoms with Crippen LogP contribution >= 0.6 is 23.4 Å². The number of rotatable bonds is 3. The molecule has 1 aliphatic rings. The molecule has 1 N–H and O–H groups in total. The van der Waals surface area contributed by atoms with E-state index in [1.165, 1.54) is 40.7 Å². The van der Waals surface area contributed by atoms with Crippen LogP contribution in [0.5, 0.6) is 0 Å². The molecule has 1 aromatic heterocycles. The lowest BCUT2D eigenvalue weighted by Crippen LogP contribution is -2.37. The molecule has 10 heteroatoms. The van der Waals surface area contributed by atoms with Crippen LogP contribution in [0.4, 0.5) is 11.4 Å². The monoisotopic (exact) mass is 380 g/mol. The Kier molecular flexibility index (Phi) is 4.78. The fourth-order valence-corrected chi connectivity index (χ4v) is 3.68. The Balaban J connectivity index is 1.84. The second-order valence-corrected chi connectivity index (χ2v) is 6.98. The number of benzene rings is 1. The van der Waals surface area contributed by atoms with Crippen LogP contribution in [0.1, 0.15) is 5.56 Å². The summed E-state index contributed by atoms with van der Waals surface area (Å²) in [5.41, 5.74) is 0.101. The number of aromatic nitrogens is 2. The molecule has 0 fully saturated rings. The Labute approximate surface area is 151 Å². The van der Waals surface area contributed by atoms with Crippen LogP contribution in [-0.4, -0.2) is 26.1 Å². The lowest BCUT2D eigenvalue weighted by molar-refractivity contribution is -0.383. The quantitative estimate of drug-likeness (QED) is 0.498. The topological polar surface area (TPSA) is 107 Å². The highest BCUT2D eigenvalue weighted by Crippen LogP contribution is 2.30. The third kappa shape index (κ3) is 3.52. The Morgan fingerprint density at radius 3 is 3.00 bits per heavy atom. The molecule has 0 spiro atoms. The SMILES string of the molecule is Cc1cnc2n(c1=O)CC(C(=O)Nc1cc(Cl)ccc1[N+](=O)[O-])CS2. The normalized spacial score (nSPS) is 16.2. The fourth-order valence-electron chi connectivity index (χ4n) is 2.46. The van der Waals surface area contributed by atoms with Crippen molar-refractivity contribution in [3.63, 3.8) is 0 Å². The van der Waals surface area contributed by atoms with Crippen molar-refractivity contribution >= 4 is 40.6 Å². The van der Waals surface area contributed by atoms with Gasteiger partial charge in [-0.3, -0.25) is 24.3 Å². The van der Waals surface area contributed by atoms with Crippen LogP contribution in [0.2, 0.25) is 5.02 Å². The summed E-state index contributed by atoms with van der Waals surface area (Å²) in [5.74, 6) is -0.496. The lowest BCUT2D eigenvalue weighted by atomic mass is 10.1. The first-order valence-electron chi connectivity index (χ1n) is 7.31. The zero-order chi connectivity index (χ0) is 18.1. The summed E-state index contributed by atoms with van der Waals surface area (Å²) < 4.78 is 1.46. The number of hydrogen-bond acceptors (Lipinski definition) is 6. The average Bonchev–Trinajstić information content (AvgIpc) is 2.57. The largest absolute Gasteiger partial charge is 0.320 e. The number of carbonyl (C=O) groups is 1. The summed E-state index contributed by atoms with van der Waals surface area (Å²) in [6, 6.07) is 3.95. The highest BCUT2D eigenvalue weighted by molar-refractivity contribution is 7.99. The molecule has 0 aliphatic carbocycles.